The monoisotopic (exact) mass is 663 g/mol. The van der Waals surface area contributed by atoms with E-state index in [9.17, 15) is 36.0 Å². The van der Waals surface area contributed by atoms with Gasteiger partial charge in [-0.1, -0.05) is 15.2 Å². The van der Waals surface area contributed by atoms with Gasteiger partial charge in [-0.05, 0) is 126 Å². The van der Waals surface area contributed by atoms with E-state index in [-0.39, 0.29) is 39.9 Å². The first-order chi connectivity index (χ1) is 21.8. The van der Waals surface area contributed by atoms with Crippen molar-refractivity contribution in [3.8, 4) is 5.75 Å². The maximum absolute atomic E-state index is 13.6. The molecule has 257 valence electrons. The molecule has 2 aromatic carbocycles. The van der Waals surface area contributed by atoms with E-state index < -0.39 is 39.2 Å². The highest BCUT2D eigenvalue weighted by molar-refractivity contribution is 6.03. The molecule has 0 aliphatic carbocycles. The van der Waals surface area contributed by atoms with Crippen molar-refractivity contribution in [2.24, 2.45) is 0 Å². The second-order valence-corrected chi connectivity index (χ2v) is 15.8. The Morgan fingerprint density at radius 3 is 1.15 bits per heavy atom. The summed E-state index contributed by atoms with van der Waals surface area (Å²) >= 11 is 0. The minimum atomic E-state index is -1.17. The van der Waals surface area contributed by atoms with Crippen LogP contribution in [0.2, 0.25) is 0 Å². The summed E-state index contributed by atoms with van der Waals surface area (Å²) in [6, 6.07) is 9.79. The Morgan fingerprint density at radius 2 is 0.854 bits per heavy atom. The van der Waals surface area contributed by atoms with Gasteiger partial charge in [0.05, 0.1) is 22.3 Å². The molecule has 0 spiro atoms. The lowest BCUT2D eigenvalue weighted by molar-refractivity contribution is -0.540. The van der Waals surface area contributed by atoms with Gasteiger partial charge < -0.3 is 20.4 Å². The number of esters is 1. The largest absolute Gasteiger partial charge is 0.714 e. The summed E-state index contributed by atoms with van der Waals surface area (Å²) in [5, 5.41) is 82.3. The predicted molar refractivity (Wildman–Crippen MR) is 173 cm³/mol. The lowest BCUT2D eigenvalue weighted by Gasteiger charge is -2.32. The summed E-state index contributed by atoms with van der Waals surface area (Å²) < 4.78 is 7.57. The van der Waals surface area contributed by atoms with E-state index in [4.69, 9.17) is 4.74 Å². The van der Waals surface area contributed by atoms with Crippen LogP contribution in [0, 0.1) is 15.6 Å². The second kappa shape index (κ2) is 10.3. The molecule has 0 unspecified atom stereocenters. The summed E-state index contributed by atoms with van der Waals surface area (Å²) in [6.07, 6.45) is 0. The molecule has 3 heterocycles. The molecule has 0 aromatic heterocycles. The van der Waals surface area contributed by atoms with Crippen molar-refractivity contribution >= 4 is 23.5 Å². The van der Waals surface area contributed by atoms with Crippen molar-refractivity contribution in [3.05, 3.63) is 80.3 Å². The SMILES string of the molecule is CC1(C)N([O])C(c2ccc(C(=O)Oc3cc(C4=[N+]([O-])C(C)(C)C(C)(C)N4[O])cc(C4=[N+]([O-])C(C)(C)C(C)(C)N4[O])c3)cc2)=[N+]([O-])C1(C)C. The van der Waals surface area contributed by atoms with E-state index in [1.165, 1.54) is 42.5 Å². The average molecular weight is 664 g/mol. The van der Waals surface area contributed by atoms with Crippen molar-refractivity contribution in [1.29, 1.82) is 0 Å². The Labute approximate surface area is 280 Å². The van der Waals surface area contributed by atoms with Crippen molar-refractivity contribution in [3.63, 3.8) is 0 Å². The van der Waals surface area contributed by atoms with Crippen LogP contribution >= 0.6 is 0 Å². The van der Waals surface area contributed by atoms with Crippen LogP contribution in [-0.4, -0.2) is 86.1 Å². The Morgan fingerprint density at radius 1 is 0.542 bits per heavy atom. The van der Waals surface area contributed by atoms with Gasteiger partial charge >= 0.3 is 23.5 Å². The van der Waals surface area contributed by atoms with Crippen LogP contribution in [-0.2, 0) is 15.6 Å². The highest BCUT2D eigenvalue weighted by Gasteiger charge is 2.62. The summed E-state index contributed by atoms with van der Waals surface area (Å²) in [6.45, 7) is 19.8. The van der Waals surface area contributed by atoms with Gasteiger partial charge in [-0.3, -0.25) is 14.2 Å². The molecule has 3 radical (unpaired) electrons. The van der Waals surface area contributed by atoms with E-state index in [2.05, 4.69) is 0 Å². The fourth-order valence-electron chi connectivity index (χ4n) is 5.87. The van der Waals surface area contributed by atoms with Crippen LogP contribution < -0.4 is 4.74 Å². The fourth-order valence-corrected chi connectivity index (χ4v) is 5.87. The van der Waals surface area contributed by atoms with E-state index in [1.807, 2.05) is 0 Å². The van der Waals surface area contributed by atoms with Gasteiger partial charge in [0, 0.05) is 15.6 Å². The topological polar surface area (TPSA) is 174 Å². The zero-order valence-electron chi connectivity index (χ0n) is 29.5. The zero-order valence-corrected chi connectivity index (χ0v) is 29.5. The molecule has 14 nitrogen and oxygen atoms in total. The lowest BCUT2D eigenvalue weighted by Crippen LogP contribution is -2.53. The van der Waals surface area contributed by atoms with Crippen LogP contribution in [0.1, 0.15) is 110 Å². The molecule has 3 aliphatic heterocycles. The number of ether oxygens (including phenoxy) is 1. The number of hydroxylamine groups is 9. The molecular formula is C34H43N6O8. The number of carbonyl (C=O) groups excluding carboxylic acids is 1. The molecule has 48 heavy (non-hydrogen) atoms. The summed E-state index contributed by atoms with van der Waals surface area (Å²) in [5.41, 5.74) is -6.25. The van der Waals surface area contributed by atoms with Crippen LogP contribution in [0.4, 0.5) is 0 Å². The van der Waals surface area contributed by atoms with E-state index >= 15 is 0 Å². The second-order valence-electron chi connectivity index (χ2n) is 15.8. The minimum Gasteiger partial charge on any atom is -0.714 e. The maximum atomic E-state index is 13.6. The zero-order chi connectivity index (χ0) is 36.3. The van der Waals surface area contributed by atoms with Crippen LogP contribution in [0.5, 0.6) is 5.75 Å². The number of hydrogen-bond donors (Lipinski definition) is 0. The molecule has 0 bridgehead atoms. The number of rotatable bonds is 5. The molecule has 0 amide bonds. The highest BCUT2D eigenvalue weighted by atomic mass is 16.6. The first-order valence-electron chi connectivity index (χ1n) is 15.7. The molecule has 0 N–H and O–H groups in total. The molecule has 5 rings (SSSR count). The summed E-state index contributed by atoms with van der Waals surface area (Å²) in [5.74, 6) is -1.61. The van der Waals surface area contributed by atoms with Gasteiger partial charge in [-0.2, -0.15) is 0 Å². The molecule has 0 fully saturated rings. The lowest BCUT2D eigenvalue weighted by atomic mass is 9.84. The molecule has 0 saturated heterocycles. The fraction of sp³-hybridized carbons (Fsp3) is 0.529. The summed E-state index contributed by atoms with van der Waals surface area (Å²) in [7, 11) is 0. The van der Waals surface area contributed by atoms with Gasteiger partial charge in [0.15, 0.2) is 16.6 Å². The van der Waals surface area contributed by atoms with Gasteiger partial charge in [-0.25, -0.2) is 4.79 Å². The van der Waals surface area contributed by atoms with Gasteiger partial charge in [0.1, 0.15) is 22.4 Å². The standard InChI is InChI=1S/C34H43N6O8/c1-29(2)30(3,4)36(43)25(35(29)42)20-13-15-21(16-14-20)28(41)48-24-18-22(26-37(44)31(5,6)32(7,8)38(26)45)17-23(19-24)27-39(46)33(9,10)34(11,12)40(27)47/h13-19H,1-12H3. The van der Waals surface area contributed by atoms with Crippen molar-refractivity contribution < 1.29 is 39.4 Å². The van der Waals surface area contributed by atoms with E-state index in [0.29, 0.717) is 35.0 Å². The Bertz CT molecular complexity index is 1730. The van der Waals surface area contributed by atoms with Gasteiger partial charge in [0.2, 0.25) is 0 Å². The van der Waals surface area contributed by atoms with E-state index in [0.717, 1.165) is 0 Å². The van der Waals surface area contributed by atoms with Crippen LogP contribution in [0.3, 0.4) is 0 Å². The normalized spacial score (nSPS) is 23.4. The van der Waals surface area contributed by atoms with Crippen molar-refractivity contribution in [2.75, 3.05) is 0 Å². The number of nitrogens with zero attached hydrogens (tertiary/aromatic N) is 6. The van der Waals surface area contributed by atoms with Crippen LogP contribution in [0.25, 0.3) is 0 Å². The number of hydrogen-bond acceptors (Lipinski definition) is 8. The smallest absolute Gasteiger partial charge is 0.343 e. The first kappa shape index (κ1) is 34.9. The number of benzene rings is 2. The Hall–Kier alpha value is -4.40. The van der Waals surface area contributed by atoms with Crippen molar-refractivity contribution in [2.45, 2.75) is 116 Å². The van der Waals surface area contributed by atoms with Gasteiger partial charge in [-0.15, -0.1) is 0 Å². The average Bonchev–Trinajstić information content (AvgIpc) is 3.26. The quantitative estimate of drug-likeness (QED) is 0.197. The number of carbonyl (C=O) groups is 1. The molecule has 3 aliphatic rings. The van der Waals surface area contributed by atoms with E-state index in [1.54, 1.807) is 83.1 Å². The third-order valence-corrected chi connectivity index (χ3v) is 11.7. The third-order valence-electron chi connectivity index (χ3n) is 11.7. The maximum Gasteiger partial charge on any atom is 0.343 e. The van der Waals surface area contributed by atoms with Gasteiger partial charge in [0.25, 0.3) is 0 Å². The molecule has 0 atom stereocenters. The third kappa shape index (κ3) is 4.42. The van der Waals surface area contributed by atoms with Crippen LogP contribution in [0.15, 0.2) is 42.5 Å². The predicted octanol–water partition coefficient (Wildman–Crippen LogP) is 4.33. The molecule has 2 aromatic rings. The highest BCUT2D eigenvalue weighted by Crippen LogP contribution is 2.41. The number of amidine groups is 3. The molecular weight excluding hydrogens is 620 g/mol. The molecule has 14 heteroatoms. The van der Waals surface area contributed by atoms with Crippen molar-refractivity contribution in [1.82, 2.24) is 15.2 Å². The first-order valence-corrected chi connectivity index (χ1v) is 15.7. The minimum absolute atomic E-state index is 0.0417. The Balaban J connectivity index is 1.58. The Kier molecular flexibility index (Phi) is 7.49. The molecule has 0 saturated carbocycles. The summed E-state index contributed by atoms with van der Waals surface area (Å²) in [4.78, 5) is 13.4.